The number of para-hydroxylation sites is 1. The van der Waals surface area contributed by atoms with Crippen molar-refractivity contribution in [3.63, 3.8) is 0 Å². The molecule has 1 amide bonds. The maximum absolute atomic E-state index is 12.5. The number of hydrogen-bond acceptors (Lipinski definition) is 6. The van der Waals surface area contributed by atoms with Gasteiger partial charge in [-0.05, 0) is 6.07 Å². The lowest BCUT2D eigenvalue weighted by atomic mass is 10.1. The molecule has 1 aliphatic rings. The number of nitrogens with zero attached hydrogens (tertiary/aromatic N) is 4. The Balaban J connectivity index is 1.93. The number of hydrogen-bond donors (Lipinski definition) is 1. The van der Waals surface area contributed by atoms with Crippen LogP contribution in [-0.4, -0.2) is 60.5 Å². The molecule has 0 atom stereocenters. The summed E-state index contributed by atoms with van der Waals surface area (Å²) in [5.41, 5.74) is 0.998. The molecule has 1 aromatic heterocycles. The smallest absolute Gasteiger partial charge is 0.311 e. The summed E-state index contributed by atoms with van der Waals surface area (Å²) in [4.78, 5) is 31.0. The third-order valence-electron chi connectivity index (χ3n) is 4.15. The van der Waals surface area contributed by atoms with E-state index in [0.717, 1.165) is 13.1 Å². The van der Waals surface area contributed by atoms with Gasteiger partial charge >= 0.3 is 5.69 Å². The standard InChI is InChI=1S/C16H19N5O3/c1-19(11-15(22)20-8-6-17-7-9-20)16-12-4-2-3-5-13(12)18-10-14(16)21(23)24/h2-5,10,17H,6-9,11H2,1H3. The first-order chi connectivity index (χ1) is 11.6. The van der Waals surface area contributed by atoms with Crippen molar-refractivity contribution in [2.75, 3.05) is 44.7 Å². The molecule has 0 bridgehead atoms. The SMILES string of the molecule is CN(CC(=O)N1CCNCC1)c1c([N+](=O)[O-])cnc2ccccc12. The Morgan fingerprint density at radius 3 is 2.79 bits per heavy atom. The second-order valence-corrected chi connectivity index (χ2v) is 5.75. The van der Waals surface area contributed by atoms with Gasteiger partial charge in [0, 0.05) is 38.6 Å². The van der Waals surface area contributed by atoms with Crippen molar-refractivity contribution in [2.45, 2.75) is 0 Å². The van der Waals surface area contributed by atoms with Crippen molar-refractivity contribution in [3.8, 4) is 0 Å². The molecule has 24 heavy (non-hydrogen) atoms. The van der Waals surface area contributed by atoms with Crippen LogP contribution in [0.15, 0.2) is 30.5 Å². The average Bonchev–Trinajstić information content (AvgIpc) is 2.61. The van der Waals surface area contributed by atoms with Crippen LogP contribution in [0.1, 0.15) is 0 Å². The van der Waals surface area contributed by atoms with E-state index in [-0.39, 0.29) is 18.1 Å². The van der Waals surface area contributed by atoms with Crippen LogP contribution in [0.3, 0.4) is 0 Å². The monoisotopic (exact) mass is 329 g/mol. The summed E-state index contributed by atoms with van der Waals surface area (Å²) in [7, 11) is 1.70. The Bertz CT molecular complexity index is 773. The molecule has 0 radical (unpaired) electrons. The van der Waals surface area contributed by atoms with Gasteiger partial charge in [-0.15, -0.1) is 0 Å². The summed E-state index contributed by atoms with van der Waals surface area (Å²) in [6.07, 6.45) is 1.25. The summed E-state index contributed by atoms with van der Waals surface area (Å²) in [5, 5.41) is 15.3. The van der Waals surface area contributed by atoms with Crippen molar-refractivity contribution in [2.24, 2.45) is 0 Å². The fourth-order valence-electron chi connectivity index (χ4n) is 2.95. The topological polar surface area (TPSA) is 91.6 Å². The summed E-state index contributed by atoms with van der Waals surface area (Å²) >= 11 is 0. The van der Waals surface area contributed by atoms with Crippen molar-refractivity contribution < 1.29 is 9.72 Å². The zero-order valence-electron chi connectivity index (χ0n) is 13.4. The van der Waals surface area contributed by atoms with E-state index in [1.165, 1.54) is 6.20 Å². The quantitative estimate of drug-likeness (QED) is 0.665. The Hall–Kier alpha value is -2.74. The van der Waals surface area contributed by atoms with Crippen LogP contribution < -0.4 is 10.2 Å². The molecule has 1 saturated heterocycles. The first kappa shape index (κ1) is 16.1. The number of fused-ring (bicyclic) bond motifs is 1. The highest BCUT2D eigenvalue weighted by Crippen LogP contribution is 2.33. The number of nitrogens with one attached hydrogen (secondary N) is 1. The van der Waals surface area contributed by atoms with Gasteiger partial charge in [-0.3, -0.25) is 14.9 Å². The third-order valence-corrected chi connectivity index (χ3v) is 4.15. The number of nitro groups is 1. The number of aromatic nitrogens is 1. The second kappa shape index (κ2) is 6.79. The maximum atomic E-state index is 12.5. The second-order valence-electron chi connectivity index (χ2n) is 5.75. The summed E-state index contributed by atoms with van der Waals surface area (Å²) < 4.78 is 0. The molecule has 0 spiro atoms. The fourth-order valence-corrected chi connectivity index (χ4v) is 2.95. The molecule has 0 aliphatic carbocycles. The van der Waals surface area contributed by atoms with Crippen LogP contribution in [-0.2, 0) is 4.79 Å². The van der Waals surface area contributed by atoms with Crippen LogP contribution in [0.4, 0.5) is 11.4 Å². The van der Waals surface area contributed by atoms with Gasteiger partial charge in [-0.2, -0.15) is 0 Å². The molecule has 8 nitrogen and oxygen atoms in total. The Labute approximate surface area is 139 Å². The van der Waals surface area contributed by atoms with E-state index in [9.17, 15) is 14.9 Å². The number of likely N-dealkylation sites (N-methyl/N-ethyl adjacent to an activating group) is 1. The number of rotatable bonds is 4. The van der Waals surface area contributed by atoms with Gasteiger partial charge in [0.1, 0.15) is 11.9 Å². The highest BCUT2D eigenvalue weighted by molar-refractivity contribution is 5.97. The lowest BCUT2D eigenvalue weighted by molar-refractivity contribution is -0.384. The summed E-state index contributed by atoms with van der Waals surface area (Å²) in [6.45, 7) is 2.95. The number of amides is 1. The molecular formula is C16H19N5O3. The van der Waals surface area contributed by atoms with Gasteiger partial charge in [0.25, 0.3) is 0 Å². The highest BCUT2D eigenvalue weighted by Gasteiger charge is 2.24. The van der Waals surface area contributed by atoms with Crippen molar-refractivity contribution in [1.82, 2.24) is 15.2 Å². The van der Waals surface area contributed by atoms with Gasteiger partial charge < -0.3 is 15.1 Å². The third kappa shape index (κ3) is 3.13. The largest absolute Gasteiger partial charge is 0.359 e. The minimum atomic E-state index is -0.458. The molecule has 3 rings (SSSR count). The molecule has 1 N–H and O–H groups in total. The van der Waals surface area contributed by atoms with Crippen molar-refractivity contribution in [1.29, 1.82) is 0 Å². The molecule has 0 saturated carbocycles. The molecule has 1 fully saturated rings. The predicted molar refractivity (Wildman–Crippen MR) is 91.1 cm³/mol. The molecule has 8 heteroatoms. The molecule has 0 unspecified atom stereocenters. The van der Waals surface area contributed by atoms with E-state index < -0.39 is 4.92 Å². The lowest BCUT2D eigenvalue weighted by Gasteiger charge is -2.30. The molecule has 126 valence electrons. The zero-order chi connectivity index (χ0) is 17.1. The number of anilines is 1. The predicted octanol–water partition coefficient (Wildman–Crippen LogP) is 1.01. The zero-order valence-corrected chi connectivity index (χ0v) is 13.4. The minimum Gasteiger partial charge on any atom is -0.359 e. The lowest BCUT2D eigenvalue weighted by Crippen LogP contribution is -2.49. The molecular weight excluding hydrogens is 310 g/mol. The Morgan fingerprint density at radius 2 is 2.08 bits per heavy atom. The van der Waals surface area contributed by atoms with Crippen LogP contribution in [0.2, 0.25) is 0 Å². The highest BCUT2D eigenvalue weighted by atomic mass is 16.6. The van der Waals surface area contributed by atoms with E-state index in [1.54, 1.807) is 29.0 Å². The number of carbonyl (C=O) groups is 1. The van der Waals surface area contributed by atoms with Crippen LogP contribution in [0.25, 0.3) is 10.9 Å². The minimum absolute atomic E-state index is 0.0332. The van der Waals surface area contributed by atoms with E-state index in [1.807, 2.05) is 12.1 Å². The number of benzene rings is 1. The summed E-state index contributed by atoms with van der Waals surface area (Å²) in [5.74, 6) is -0.0332. The van der Waals surface area contributed by atoms with Gasteiger partial charge in [-0.25, -0.2) is 4.98 Å². The molecule has 1 aromatic carbocycles. The van der Waals surface area contributed by atoms with E-state index in [2.05, 4.69) is 10.3 Å². The molecule has 1 aliphatic heterocycles. The van der Waals surface area contributed by atoms with Gasteiger partial charge in [0.15, 0.2) is 0 Å². The van der Waals surface area contributed by atoms with Crippen LogP contribution >= 0.6 is 0 Å². The normalized spacial score (nSPS) is 14.6. The van der Waals surface area contributed by atoms with Crippen LogP contribution in [0, 0.1) is 10.1 Å². The van der Waals surface area contributed by atoms with Crippen molar-refractivity contribution >= 4 is 28.2 Å². The summed E-state index contributed by atoms with van der Waals surface area (Å²) in [6, 6.07) is 7.23. The molecule has 2 heterocycles. The number of pyridine rings is 1. The van der Waals surface area contributed by atoms with E-state index >= 15 is 0 Å². The van der Waals surface area contributed by atoms with E-state index in [0.29, 0.717) is 29.7 Å². The Kier molecular flexibility index (Phi) is 4.57. The van der Waals surface area contributed by atoms with Crippen LogP contribution in [0.5, 0.6) is 0 Å². The van der Waals surface area contributed by atoms with Gasteiger partial charge in [0.2, 0.25) is 5.91 Å². The van der Waals surface area contributed by atoms with Crippen molar-refractivity contribution in [3.05, 3.63) is 40.6 Å². The molecule has 2 aromatic rings. The number of carbonyl (C=O) groups excluding carboxylic acids is 1. The number of piperazine rings is 1. The Morgan fingerprint density at radius 1 is 1.38 bits per heavy atom. The maximum Gasteiger partial charge on any atom is 0.311 e. The first-order valence-electron chi connectivity index (χ1n) is 7.79. The average molecular weight is 329 g/mol. The first-order valence-corrected chi connectivity index (χ1v) is 7.79. The van der Waals surface area contributed by atoms with Gasteiger partial charge in [0.05, 0.1) is 17.0 Å². The van der Waals surface area contributed by atoms with Gasteiger partial charge in [-0.1, -0.05) is 18.2 Å². The fraction of sp³-hybridized carbons (Fsp3) is 0.375. The van der Waals surface area contributed by atoms with E-state index in [4.69, 9.17) is 0 Å².